The van der Waals surface area contributed by atoms with Gasteiger partial charge in [0.1, 0.15) is 6.04 Å². The zero-order valence-electron chi connectivity index (χ0n) is 11.6. The molecule has 2 rings (SSSR count). The Balaban J connectivity index is 2.15. The Bertz CT molecular complexity index is 444. The molecule has 19 heavy (non-hydrogen) atoms. The van der Waals surface area contributed by atoms with Gasteiger partial charge in [0.25, 0.3) is 0 Å². The number of esters is 1. The third-order valence-electron chi connectivity index (χ3n) is 4.15. The Labute approximate surface area is 113 Å². The molecule has 104 valence electrons. The number of benzene rings is 1. The molecule has 0 bridgehead atoms. The minimum absolute atomic E-state index is 0.104. The molecule has 1 aromatic carbocycles. The number of rotatable bonds is 4. The number of aliphatic hydroxyl groups is 1. The number of hydrogen-bond donors (Lipinski definition) is 2. The summed E-state index contributed by atoms with van der Waals surface area (Å²) >= 11 is 0. The molecule has 0 heterocycles. The monoisotopic (exact) mass is 263 g/mol. The molecule has 0 aromatic heterocycles. The van der Waals surface area contributed by atoms with Crippen LogP contribution in [0.3, 0.4) is 0 Å². The fourth-order valence-electron chi connectivity index (χ4n) is 2.45. The maximum absolute atomic E-state index is 11.9. The van der Waals surface area contributed by atoms with Crippen molar-refractivity contribution in [1.82, 2.24) is 5.32 Å². The predicted molar refractivity (Wildman–Crippen MR) is 72.5 cm³/mol. The van der Waals surface area contributed by atoms with Crippen molar-refractivity contribution in [3.8, 4) is 0 Å². The number of carbonyl (C=O) groups excluding carboxylic acids is 1. The van der Waals surface area contributed by atoms with Crippen molar-refractivity contribution in [3.63, 3.8) is 0 Å². The lowest BCUT2D eigenvalue weighted by Gasteiger charge is -2.50. The third-order valence-corrected chi connectivity index (χ3v) is 4.15. The first kappa shape index (κ1) is 14.0. The summed E-state index contributed by atoms with van der Waals surface area (Å²) in [6, 6.07) is 9.12. The SMILES string of the molecule is COC(=O)C(NC1CC(O)C1(C)C)c1ccccc1. The number of aliphatic hydroxyl groups excluding tert-OH is 1. The number of hydrogen-bond acceptors (Lipinski definition) is 4. The molecule has 0 radical (unpaired) electrons. The van der Waals surface area contributed by atoms with E-state index in [0.717, 1.165) is 5.56 Å². The second kappa shape index (κ2) is 5.31. The highest BCUT2D eigenvalue weighted by Crippen LogP contribution is 2.41. The molecule has 1 aliphatic carbocycles. The van der Waals surface area contributed by atoms with Crippen molar-refractivity contribution in [2.75, 3.05) is 7.11 Å². The number of ether oxygens (including phenoxy) is 1. The highest BCUT2D eigenvalue weighted by atomic mass is 16.5. The average molecular weight is 263 g/mol. The lowest BCUT2D eigenvalue weighted by molar-refractivity contribution is -0.146. The van der Waals surface area contributed by atoms with Gasteiger partial charge in [0, 0.05) is 11.5 Å². The summed E-state index contributed by atoms with van der Waals surface area (Å²) in [6.07, 6.45) is 0.340. The zero-order chi connectivity index (χ0) is 14.0. The Kier molecular flexibility index (Phi) is 3.92. The van der Waals surface area contributed by atoms with Crippen LogP contribution in [0.1, 0.15) is 31.9 Å². The summed E-state index contributed by atoms with van der Waals surface area (Å²) in [4.78, 5) is 11.9. The van der Waals surface area contributed by atoms with E-state index in [-0.39, 0.29) is 23.5 Å². The van der Waals surface area contributed by atoms with E-state index in [1.54, 1.807) is 0 Å². The van der Waals surface area contributed by atoms with Gasteiger partial charge in [0.2, 0.25) is 0 Å². The Morgan fingerprint density at radius 2 is 2.05 bits per heavy atom. The van der Waals surface area contributed by atoms with Crippen molar-refractivity contribution in [2.45, 2.75) is 38.5 Å². The van der Waals surface area contributed by atoms with E-state index < -0.39 is 6.04 Å². The van der Waals surface area contributed by atoms with E-state index in [0.29, 0.717) is 6.42 Å². The second-order valence-electron chi connectivity index (χ2n) is 5.66. The highest BCUT2D eigenvalue weighted by molar-refractivity contribution is 5.77. The van der Waals surface area contributed by atoms with Crippen LogP contribution >= 0.6 is 0 Å². The molecule has 0 spiro atoms. The molecule has 1 saturated carbocycles. The topological polar surface area (TPSA) is 58.6 Å². The van der Waals surface area contributed by atoms with Gasteiger partial charge in [-0.2, -0.15) is 0 Å². The van der Waals surface area contributed by atoms with Crippen LogP contribution in [0.2, 0.25) is 0 Å². The van der Waals surface area contributed by atoms with Gasteiger partial charge >= 0.3 is 5.97 Å². The normalized spacial score (nSPS) is 26.3. The van der Waals surface area contributed by atoms with Gasteiger partial charge in [-0.1, -0.05) is 44.2 Å². The molecule has 2 N–H and O–H groups in total. The third kappa shape index (κ3) is 2.65. The first-order valence-corrected chi connectivity index (χ1v) is 6.53. The summed E-state index contributed by atoms with van der Waals surface area (Å²) in [5.41, 5.74) is 0.660. The standard InChI is InChI=1S/C15H21NO3/c1-15(2)11(9-12(15)17)16-13(14(18)19-3)10-7-5-4-6-8-10/h4-8,11-13,16-17H,9H2,1-3H3. The molecule has 0 aliphatic heterocycles. The summed E-state index contributed by atoms with van der Waals surface area (Å²) in [6.45, 7) is 4.00. The fraction of sp³-hybridized carbons (Fsp3) is 0.533. The smallest absolute Gasteiger partial charge is 0.327 e. The van der Waals surface area contributed by atoms with Gasteiger partial charge in [-0.15, -0.1) is 0 Å². The van der Waals surface area contributed by atoms with Crippen molar-refractivity contribution in [3.05, 3.63) is 35.9 Å². The number of carbonyl (C=O) groups is 1. The van der Waals surface area contributed by atoms with Crippen molar-refractivity contribution in [1.29, 1.82) is 0 Å². The zero-order valence-corrected chi connectivity index (χ0v) is 11.6. The van der Waals surface area contributed by atoms with Gasteiger partial charge in [0.15, 0.2) is 0 Å². The average Bonchev–Trinajstić information content (AvgIpc) is 2.43. The van der Waals surface area contributed by atoms with Gasteiger partial charge in [-0.05, 0) is 12.0 Å². The summed E-state index contributed by atoms with van der Waals surface area (Å²) < 4.78 is 4.87. The summed E-state index contributed by atoms with van der Waals surface area (Å²) in [7, 11) is 1.39. The number of nitrogens with one attached hydrogen (secondary N) is 1. The molecule has 1 fully saturated rings. The first-order valence-electron chi connectivity index (χ1n) is 6.53. The lowest BCUT2D eigenvalue weighted by atomic mass is 9.64. The maximum atomic E-state index is 11.9. The summed E-state index contributed by atoms with van der Waals surface area (Å²) in [5.74, 6) is -0.302. The maximum Gasteiger partial charge on any atom is 0.327 e. The summed E-state index contributed by atoms with van der Waals surface area (Å²) in [5, 5.41) is 13.1. The van der Waals surface area contributed by atoms with E-state index >= 15 is 0 Å². The number of methoxy groups -OCH3 is 1. The van der Waals surface area contributed by atoms with Gasteiger partial charge < -0.3 is 9.84 Å². The van der Waals surface area contributed by atoms with Crippen LogP contribution < -0.4 is 5.32 Å². The quantitative estimate of drug-likeness (QED) is 0.811. The van der Waals surface area contributed by atoms with Crippen LogP contribution in [0, 0.1) is 5.41 Å². The van der Waals surface area contributed by atoms with Crippen molar-refractivity contribution < 1.29 is 14.6 Å². The lowest BCUT2D eigenvalue weighted by Crippen LogP contribution is -2.61. The molecule has 3 unspecified atom stereocenters. The second-order valence-corrected chi connectivity index (χ2v) is 5.66. The van der Waals surface area contributed by atoms with Gasteiger partial charge in [-0.25, -0.2) is 4.79 Å². The van der Waals surface area contributed by atoms with Crippen LogP contribution in [0.25, 0.3) is 0 Å². The van der Waals surface area contributed by atoms with E-state index in [1.165, 1.54) is 7.11 Å². The van der Waals surface area contributed by atoms with Gasteiger partial charge in [-0.3, -0.25) is 5.32 Å². The molecular weight excluding hydrogens is 242 g/mol. The van der Waals surface area contributed by atoms with E-state index in [1.807, 2.05) is 44.2 Å². The van der Waals surface area contributed by atoms with Crippen LogP contribution in [0.15, 0.2) is 30.3 Å². The molecule has 0 amide bonds. The fourth-order valence-corrected chi connectivity index (χ4v) is 2.45. The van der Waals surface area contributed by atoms with Crippen LogP contribution in [-0.4, -0.2) is 30.3 Å². The van der Waals surface area contributed by atoms with Crippen molar-refractivity contribution in [2.24, 2.45) is 5.41 Å². The minimum atomic E-state index is -0.483. The molecule has 3 atom stereocenters. The Morgan fingerprint density at radius 3 is 2.53 bits per heavy atom. The van der Waals surface area contributed by atoms with E-state index in [9.17, 15) is 9.90 Å². The minimum Gasteiger partial charge on any atom is -0.468 e. The Morgan fingerprint density at radius 1 is 1.42 bits per heavy atom. The predicted octanol–water partition coefficient (Wildman–Crippen LogP) is 1.65. The van der Waals surface area contributed by atoms with E-state index in [2.05, 4.69) is 5.32 Å². The van der Waals surface area contributed by atoms with Crippen LogP contribution in [-0.2, 0) is 9.53 Å². The molecule has 4 nitrogen and oxygen atoms in total. The molecule has 0 saturated heterocycles. The Hall–Kier alpha value is -1.39. The molecule has 1 aliphatic rings. The van der Waals surface area contributed by atoms with E-state index in [4.69, 9.17) is 4.74 Å². The largest absolute Gasteiger partial charge is 0.468 e. The first-order chi connectivity index (χ1) is 8.96. The molecular formula is C15H21NO3. The van der Waals surface area contributed by atoms with Crippen LogP contribution in [0.4, 0.5) is 0 Å². The van der Waals surface area contributed by atoms with Gasteiger partial charge in [0.05, 0.1) is 13.2 Å². The molecule has 1 aromatic rings. The highest BCUT2D eigenvalue weighted by Gasteiger charge is 2.48. The van der Waals surface area contributed by atoms with Crippen LogP contribution in [0.5, 0.6) is 0 Å². The van der Waals surface area contributed by atoms with Crippen molar-refractivity contribution >= 4 is 5.97 Å². The molecule has 4 heteroatoms.